The second kappa shape index (κ2) is 6.36. The van der Waals surface area contributed by atoms with Gasteiger partial charge in [-0.05, 0) is 12.1 Å². The number of anilines is 1. The van der Waals surface area contributed by atoms with E-state index in [-0.39, 0.29) is 42.9 Å². The summed E-state index contributed by atoms with van der Waals surface area (Å²) in [6.07, 6.45) is 0.375. The number of halogens is 1. The first-order chi connectivity index (χ1) is 11.1. The van der Waals surface area contributed by atoms with Gasteiger partial charge in [-0.3, -0.25) is 19.3 Å². The third-order valence-corrected chi connectivity index (χ3v) is 4.27. The molecule has 2 fully saturated rings. The van der Waals surface area contributed by atoms with E-state index in [4.69, 9.17) is 0 Å². The van der Waals surface area contributed by atoms with Crippen LogP contribution in [0.15, 0.2) is 24.3 Å². The Labute approximate surface area is 133 Å². The van der Waals surface area contributed by atoms with Gasteiger partial charge in [0.2, 0.25) is 17.7 Å². The Bertz CT molecular complexity index is 625. The van der Waals surface area contributed by atoms with Gasteiger partial charge in [0.1, 0.15) is 12.4 Å². The summed E-state index contributed by atoms with van der Waals surface area (Å²) >= 11 is 0. The molecule has 0 spiro atoms. The molecule has 1 aromatic rings. The van der Waals surface area contributed by atoms with Crippen molar-refractivity contribution in [3.63, 3.8) is 0 Å². The van der Waals surface area contributed by atoms with E-state index in [0.717, 1.165) is 4.90 Å². The standard InChI is InChI=1S/C16H18FN3O3/c17-12-3-1-2-4-13(12)18-7-9-19(10-8-18)16(23)11-20-14(21)5-6-15(20)22/h1-4H,5-11H2. The van der Waals surface area contributed by atoms with Crippen molar-refractivity contribution in [2.45, 2.75) is 12.8 Å². The zero-order valence-corrected chi connectivity index (χ0v) is 12.7. The Hall–Kier alpha value is -2.44. The van der Waals surface area contributed by atoms with Crippen LogP contribution in [0.25, 0.3) is 0 Å². The minimum Gasteiger partial charge on any atom is -0.366 e. The van der Waals surface area contributed by atoms with E-state index in [1.54, 1.807) is 23.1 Å². The normalized spacial score (nSPS) is 18.7. The number of para-hydroxylation sites is 1. The van der Waals surface area contributed by atoms with Gasteiger partial charge in [0.05, 0.1) is 5.69 Å². The summed E-state index contributed by atoms with van der Waals surface area (Å²) in [6.45, 7) is 1.76. The van der Waals surface area contributed by atoms with Crippen molar-refractivity contribution in [2.75, 3.05) is 37.6 Å². The molecule has 6 nitrogen and oxygen atoms in total. The molecular weight excluding hydrogens is 301 g/mol. The first kappa shape index (κ1) is 15.5. The molecule has 7 heteroatoms. The van der Waals surface area contributed by atoms with Crippen LogP contribution in [0.2, 0.25) is 0 Å². The number of imide groups is 1. The van der Waals surface area contributed by atoms with Crippen LogP contribution in [0.4, 0.5) is 10.1 Å². The van der Waals surface area contributed by atoms with Gasteiger partial charge in [-0.1, -0.05) is 12.1 Å². The molecule has 2 heterocycles. The third kappa shape index (κ3) is 3.18. The van der Waals surface area contributed by atoms with Gasteiger partial charge in [0, 0.05) is 39.0 Å². The Kier molecular flexibility index (Phi) is 4.27. The summed E-state index contributed by atoms with van der Waals surface area (Å²) in [4.78, 5) is 39.9. The van der Waals surface area contributed by atoms with Gasteiger partial charge in [0.15, 0.2) is 0 Å². The van der Waals surface area contributed by atoms with Gasteiger partial charge >= 0.3 is 0 Å². The molecular formula is C16H18FN3O3. The van der Waals surface area contributed by atoms with Crippen LogP contribution in [0.1, 0.15) is 12.8 Å². The van der Waals surface area contributed by atoms with Crippen LogP contribution in [0.5, 0.6) is 0 Å². The predicted molar refractivity (Wildman–Crippen MR) is 81.1 cm³/mol. The molecule has 0 N–H and O–H groups in total. The average Bonchev–Trinajstić information content (AvgIpc) is 2.87. The van der Waals surface area contributed by atoms with Gasteiger partial charge in [0.25, 0.3) is 0 Å². The second-order valence-electron chi connectivity index (χ2n) is 5.69. The van der Waals surface area contributed by atoms with Crippen molar-refractivity contribution in [3.8, 4) is 0 Å². The molecule has 0 unspecified atom stereocenters. The van der Waals surface area contributed by atoms with Crippen LogP contribution >= 0.6 is 0 Å². The quantitative estimate of drug-likeness (QED) is 0.767. The number of piperazine rings is 1. The van der Waals surface area contributed by atoms with E-state index in [2.05, 4.69) is 0 Å². The number of nitrogens with zero attached hydrogens (tertiary/aromatic N) is 3. The van der Waals surface area contributed by atoms with E-state index in [1.807, 2.05) is 4.90 Å². The number of carbonyl (C=O) groups excluding carboxylic acids is 3. The molecule has 0 aliphatic carbocycles. The highest BCUT2D eigenvalue weighted by Crippen LogP contribution is 2.20. The zero-order valence-electron chi connectivity index (χ0n) is 12.7. The maximum absolute atomic E-state index is 13.8. The highest BCUT2D eigenvalue weighted by atomic mass is 19.1. The minimum absolute atomic E-state index is 0.183. The minimum atomic E-state index is -0.284. The first-order valence-electron chi connectivity index (χ1n) is 7.66. The highest BCUT2D eigenvalue weighted by molar-refractivity contribution is 6.04. The van der Waals surface area contributed by atoms with Gasteiger partial charge in [-0.15, -0.1) is 0 Å². The fraction of sp³-hybridized carbons (Fsp3) is 0.438. The van der Waals surface area contributed by atoms with Crippen molar-refractivity contribution in [2.24, 2.45) is 0 Å². The van der Waals surface area contributed by atoms with Crippen molar-refractivity contribution < 1.29 is 18.8 Å². The Morgan fingerprint density at radius 1 is 1.00 bits per heavy atom. The van der Waals surface area contributed by atoms with Crippen LogP contribution in [0, 0.1) is 5.82 Å². The summed E-state index contributed by atoms with van der Waals surface area (Å²) < 4.78 is 13.8. The molecule has 3 rings (SSSR count). The molecule has 3 amide bonds. The topological polar surface area (TPSA) is 60.9 Å². The molecule has 2 aliphatic rings. The molecule has 0 bridgehead atoms. The summed E-state index contributed by atoms with van der Waals surface area (Å²) in [7, 11) is 0. The Balaban J connectivity index is 1.56. The maximum atomic E-state index is 13.8. The first-order valence-corrected chi connectivity index (χ1v) is 7.66. The van der Waals surface area contributed by atoms with E-state index < -0.39 is 0 Å². The van der Waals surface area contributed by atoms with Gasteiger partial charge in [-0.2, -0.15) is 0 Å². The number of hydrogen-bond donors (Lipinski definition) is 0. The van der Waals surface area contributed by atoms with Crippen LogP contribution < -0.4 is 4.90 Å². The highest BCUT2D eigenvalue weighted by Gasteiger charge is 2.32. The number of rotatable bonds is 3. The van der Waals surface area contributed by atoms with E-state index >= 15 is 0 Å². The number of benzene rings is 1. The third-order valence-electron chi connectivity index (χ3n) is 4.27. The molecule has 2 aliphatic heterocycles. The monoisotopic (exact) mass is 319 g/mol. The van der Waals surface area contributed by atoms with E-state index in [9.17, 15) is 18.8 Å². The van der Waals surface area contributed by atoms with Crippen LogP contribution in [-0.2, 0) is 14.4 Å². The number of amides is 3. The van der Waals surface area contributed by atoms with Crippen LogP contribution in [0.3, 0.4) is 0 Å². The van der Waals surface area contributed by atoms with E-state index in [0.29, 0.717) is 31.9 Å². The fourth-order valence-electron chi connectivity index (χ4n) is 2.94. The number of hydrogen-bond acceptors (Lipinski definition) is 4. The fourth-order valence-corrected chi connectivity index (χ4v) is 2.94. The Morgan fingerprint density at radius 3 is 2.22 bits per heavy atom. The lowest BCUT2D eigenvalue weighted by Gasteiger charge is -2.36. The Morgan fingerprint density at radius 2 is 1.61 bits per heavy atom. The molecule has 2 saturated heterocycles. The van der Waals surface area contributed by atoms with Crippen LogP contribution in [-0.4, -0.2) is 60.2 Å². The molecule has 0 atom stereocenters. The average molecular weight is 319 g/mol. The SMILES string of the molecule is O=C(CN1C(=O)CCC1=O)N1CCN(c2ccccc2F)CC1. The zero-order chi connectivity index (χ0) is 16.4. The van der Waals surface area contributed by atoms with Crippen molar-refractivity contribution in [1.82, 2.24) is 9.80 Å². The molecule has 0 radical (unpaired) electrons. The molecule has 122 valence electrons. The largest absolute Gasteiger partial charge is 0.366 e. The maximum Gasteiger partial charge on any atom is 0.242 e. The molecule has 0 saturated carbocycles. The van der Waals surface area contributed by atoms with Gasteiger partial charge < -0.3 is 9.80 Å². The molecule has 0 aromatic heterocycles. The lowest BCUT2D eigenvalue weighted by atomic mass is 10.2. The molecule has 23 heavy (non-hydrogen) atoms. The number of carbonyl (C=O) groups is 3. The predicted octanol–water partition coefficient (Wildman–Crippen LogP) is 0.623. The smallest absolute Gasteiger partial charge is 0.242 e. The van der Waals surface area contributed by atoms with E-state index in [1.165, 1.54) is 6.07 Å². The number of likely N-dealkylation sites (tertiary alicyclic amines) is 1. The lowest BCUT2D eigenvalue weighted by Crippen LogP contribution is -2.52. The van der Waals surface area contributed by atoms with Gasteiger partial charge in [-0.25, -0.2) is 4.39 Å². The lowest BCUT2D eigenvalue weighted by molar-refractivity contribution is -0.145. The second-order valence-corrected chi connectivity index (χ2v) is 5.69. The van der Waals surface area contributed by atoms with Crippen molar-refractivity contribution in [1.29, 1.82) is 0 Å². The summed E-state index contributed by atoms with van der Waals surface area (Å²) in [5.74, 6) is -1.08. The molecule has 1 aromatic carbocycles. The van der Waals surface area contributed by atoms with Crippen molar-refractivity contribution in [3.05, 3.63) is 30.1 Å². The summed E-state index contributed by atoms with van der Waals surface area (Å²) in [6, 6.07) is 6.55. The van der Waals surface area contributed by atoms with Crippen molar-refractivity contribution >= 4 is 23.4 Å². The summed E-state index contributed by atoms with van der Waals surface area (Å²) in [5, 5.41) is 0. The summed E-state index contributed by atoms with van der Waals surface area (Å²) in [5.41, 5.74) is 0.532.